The number of esters is 1. The second-order valence-electron chi connectivity index (χ2n) is 2.55. The first kappa shape index (κ1) is 12.8. The van der Waals surface area contributed by atoms with Gasteiger partial charge in [0.1, 0.15) is 24.6 Å². The molecule has 0 aliphatic rings. The minimum atomic E-state index is -1.23. The molecule has 0 saturated heterocycles. The molecule has 0 N–H and O–H groups in total. The molecule has 0 aliphatic heterocycles. The van der Waals surface area contributed by atoms with Gasteiger partial charge < -0.3 is 4.74 Å². The van der Waals surface area contributed by atoms with Crippen LogP contribution in [0.5, 0.6) is 0 Å². The van der Waals surface area contributed by atoms with Crippen molar-refractivity contribution in [3.63, 3.8) is 0 Å². The number of ketones is 1. The Kier molecular flexibility index (Phi) is 5.75. The highest BCUT2D eigenvalue weighted by Crippen LogP contribution is 2.11. The summed E-state index contributed by atoms with van der Waals surface area (Å²) in [6.07, 6.45) is -1.03. The zero-order valence-corrected chi connectivity index (χ0v) is 7.68. The normalized spacial score (nSPS) is 11.9. The van der Waals surface area contributed by atoms with Crippen LogP contribution in [0.3, 0.4) is 0 Å². The molecule has 0 rings (SSSR count). The summed E-state index contributed by atoms with van der Waals surface area (Å²) in [7, 11) is 4.79. The number of allylic oxidation sites excluding steroid dienone is 1. The van der Waals surface area contributed by atoms with Crippen LogP contribution in [0, 0.1) is 0 Å². The van der Waals surface area contributed by atoms with Crippen LogP contribution in [0.4, 0.5) is 8.78 Å². The van der Waals surface area contributed by atoms with Crippen molar-refractivity contribution >= 4 is 19.6 Å². The fourth-order valence-electron chi connectivity index (χ4n) is 0.587. The molecule has 0 aliphatic carbocycles. The van der Waals surface area contributed by atoms with Crippen molar-refractivity contribution in [3.8, 4) is 0 Å². The van der Waals surface area contributed by atoms with E-state index in [1.165, 1.54) is 6.92 Å². The third-order valence-corrected chi connectivity index (χ3v) is 1.23. The summed E-state index contributed by atoms with van der Waals surface area (Å²) >= 11 is 0. The van der Waals surface area contributed by atoms with E-state index in [-0.39, 0.29) is 0 Å². The number of rotatable bonds is 5. The van der Waals surface area contributed by atoms with Gasteiger partial charge in [-0.15, -0.1) is 0 Å². The third-order valence-electron chi connectivity index (χ3n) is 1.23. The van der Waals surface area contributed by atoms with Gasteiger partial charge in [-0.25, -0.2) is 8.78 Å². The van der Waals surface area contributed by atoms with Crippen LogP contribution in [-0.4, -0.2) is 26.2 Å². The topological polar surface area (TPSA) is 43.4 Å². The molecule has 6 heteroatoms. The van der Waals surface area contributed by atoms with Crippen molar-refractivity contribution in [2.24, 2.45) is 0 Å². The van der Waals surface area contributed by atoms with Crippen molar-refractivity contribution in [1.82, 2.24) is 0 Å². The fraction of sp³-hybridized carbons (Fsp3) is 0.500. The van der Waals surface area contributed by atoms with E-state index in [1.807, 2.05) is 0 Å². The van der Waals surface area contributed by atoms with Gasteiger partial charge in [0.25, 0.3) is 0 Å². The largest absolute Gasteiger partial charge is 0.458 e. The maximum atomic E-state index is 12.6. The van der Waals surface area contributed by atoms with Crippen LogP contribution in [0.15, 0.2) is 11.7 Å². The highest BCUT2D eigenvalue weighted by Gasteiger charge is 2.09. The van der Waals surface area contributed by atoms with Crippen LogP contribution in [0.1, 0.15) is 13.3 Å². The van der Waals surface area contributed by atoms with Gasteiger partial charge in [0.15, 0.2) is 5.83 Å². The first-order valence-electron chi connectivity index (χ1n) is 3.85. The molecule has 0 fully saturated rings. The number of carbonyl (C=O) groups is 2. The van der Waals surface area contributed by atoms with E-state index in [2.05, 4.69) is 4.74 Å². The van der Waals surface area contributed by atoms with Gasteiger partial charge in [-0.1, -0.05) is 0 Å². The minimum Gasteiger partial charge on any atom is -0.458 e. The summed E-state index contributed by atoms with van der Waals surface area (Å²) in [5.74, 6) is -3.69. The summed E-state index contributed by atoms with van der Waals surface area (Å²) in [5, 5.41) is 0. The van der Waals surface area contributed by atoms with Crippen LogP contribution in [-0.2, 0) is 14.3 Å². The molecule has 0 atom stereocenters. The number of Topliss-reactive ketones (excluding diaryl/α,β-unsaturated/α-hetero) is 1. The number of ether oxygens (including phenoxy) is 1. The molecule has 0 aromatic heterocycles. The summed E-state index contributed by atoms with van der Waals surface area (Å²) in [5.41, 5.74) is 0. The Morgan fingerprint density at radius 3 is 2.29 bits per heavy atom. The Balaban J connectivity index is 3.95. The maximum Gasteiger partial charge on any atom is 0.313 e. The van der Waals surface area contributed by atoms with E-state index < -0.39 is 42.8 Å². The molecule has 0 heterocycles. The van der Waals surface area contributed by atoms with Crippen molar-refractivity contribution in [3.05, 3.63) is 11.7 Å². The van der Waals surface area contributed by atoms with E-state index in [1.54, 1.807) is 0 Å². The van der Waals surface area contributed by atoms with Gasteiger partial charge in [-0.2, -0.15) is 0 Å². The first-order chi connectivity index (χ1) is 6.47. The van der Waals surface area contributed by atoms with Crippen molar-refractivity contribution in [2.45, 2.75) is 19.7 Å². The van der Waals surface area contributed by atoms with E-state index in [0.717, 1.165) is 0 Å². The molecule has 0 spiro atoms. The summed E-state index contributed by atoms with van der Waals surface area (Å²) in [6, 6.07) is 0. The summed E-state index contributed by atoms with van der Waals surface area (Å²) in [4.78, 5) is 21.1. The van der Waals surface area contributed by atoms with Gasteiger partial charge in [-0.3, -0.25) is 9.59 Å². The molecule has 0 unspecified atom stereocenters. The SMILES string of the molecule is [B]CC(F)=C(F)COC(=O)CC(C)=O. The zero-order valence-electron chi connectivity index (χ0n) is 7.68. The Labute approximate surface area is 81.5 Å². The van der Waals surface area contributed by atoms with Crippen molar-refractivity contribution in [2.75, 3.05) is 6.61 Å². The number of hydrogen-bond donors (Lipinski definition) is 0. The van der Waals surface area contributed by atoms with Gasteiger partial charge in [-0.05, 0) is 13.2 Å². The van der Waals surface area contributed by atoms with Gasteiger partial charge >= 0.3 is 5.97 Å². The highest BCUT2D eigenvalue weighted by molar-refractivity contribution is 6.10. The smallest absolute Gasteiger partial charge is 0.313 e. The molecule has 0 bridgehead atoms. The van der Waals surface area contributed by atoms with Crippen molar-refractivity contribution in [1.29, 1.82) is 0 Å². The maximum absolute atomic E-state index is 12.6. The molecular weight excluding hydrogens is 193 g/mol. The van der Waals surface area contributed by atoms with Crippen LogP contribution >= 0.6 is 0 Å². The molecule has 0 aromatic carbocycles. The van der Waals surface area contributed by atoms with Crippen molar-refractivity contribution < 1.29 is 23.1 Å². The van der Waals surface area contributed by atoms with E-state index in [0.29, 0.717) is 0 Å². The Bertz CT molecular complexity index is 263. The highest BCUT2D eigenvalue weighted by atomic mass is 19.2. The molecule has 14 heavy (non-hydrogen) atoms. The van der Waals surface area contributed by atoms with Crippen LogP contribution in [0.2, 0.25) is 6.32 Å². The van der Waals surface area contributed by atoms with E-state index in [4.69, 9.17) is 7.85 Å². The number of carbonyl (C=O) groups excluding carboxylic acids is 2. The average Bonchev–Trinajstić information content (AvgIpc) is 2.11. The van der Waals surface area contributed by atoms with Gasteiger partial charge in [0.05, 0.1) is 7.85 Å². The van der Waals surface area contributed by atoms with Gasteiger partial charge in [0, 0.05) is 0 Å². The number of hydrogen-bond acceptors (Lipinski definition) is 3. The van der Waals surface area contributed by atoms with Gasteiger partial charge in [0.2, 0.25) is 0 Å². The molecule has 0 saturated carbocycles. The fourth-order valence-corrected chi connectivity index (χ4v) is 0.587. The Morgan fingerprint density at radius 2 is 1.86 bits per heavy atom. The van der Waals surface area contributed by atoms with E-state index >= 15 is 0 Å². The minimum absolute atomic E-state index is 0.404. The lowest BCUT2D eigenvalue weighted by Crippen LogP contribution is -2.10. The average molecular weight is 202 g/mol. The predicted octanol–water partition coefficient (Wildman–Crippen LogP) is 1.25. The first-order valence-corrected chi connectivity index (χ1v) is 3.85. The molecule has 76 valence electrons. The lowest BCUT2D eigenvalue weighted by atomic mass is 10.0. The van der Waals surface area contributed by atoms with E-state index in [9.17, 15) is 18.4 Å². The molecule has 0 amide bonds. The quantitative estimate of drug-likeness (QED) is 0.382. The molecule has 2 radical (unpaired) electrons. The molecule has 3 nitrogen and oxygen atoms in total. The molecule has 0 aromatic rings. The Morgan fingerprint density at radius 1 is 1.29 bits per heavy atom. The zero-order chi connectivity index (χ0) is 11.1. The van der Waals surface area contributed by atoms with Crippen LogP contribution in [0.25, 0.3) is 0 Å². The standard InChI is InChI=1S/C8H9BF2O3/c1-5(12)2-8(13)14-4-7(11)6(10)3-9/h2-4H2,1H3. The monoisotopic (exact) mass is 202 g/mol. The summed E-state index contributed by atoms with van der Waals surface area (Å²) in [6.45, 7) is 0.364. The summed E-state index contributed by atoms with van der Waals surface area (Å²) < 4.78 is 29.2. The Hall–Kier alpha value is -1.20. The second kappa shape index (κ2) is 6.29. The lowest BCUT2D eigenvalue weighted by Gasteiger charge is -2.01. The third kappa shape index (κ3) is 5.45. The lowest BCUT2D eigenvalue weighted by molar-refractivity contribution is -0.145. The number of halogens is 2. The molecular formula is C8H9BF2O3. The predicted molar refractivity (Wildman–Crippen MR) is 46.1 cm³/mol. The second-order valence-corrected chi connectivity index (χ2v) is 2.55. The van der Waals surface area contributed by atoms with Crippen LogP contribution < -0.4 is 0 Å².